The van der Waals surface area contributed by atoms with Crippen LogP contribution in [0.2, 0.25) is 0 Å². The van der Waals surface area contributed by atoms with Gasteiger partial charge in [-0.05, 0) is 46.5 Å². The van der Waals surface area contributed by atoms with E-state index in [1.165, 1.54) is 0 Å². The van der Waals surface area contributed by atoms with E-state index in [-0.39, 0.29) is 11.3 Å². The number of phenols is 1. The quantitative estimate of drug-likeness (QED) is 0.773. The molecule has 1 fully saturated rings. The van der Waals surface area contributed by atoms with E-state index in [0.717, 1.165) is 22.9 Å². The number of rotatable bonds is 1. The monoisotopic (exact) mass is 227 g/mol. The van der Waals surface area contributed by atoms with E-state index < -0.39 is 0 Å². The lowest BCUT2D eigenvalue weighted by molar-refractivity contribution is 0.471. The Hall–Kier alpha value is -0.540. The zero-order valence-corrected chi connectivity index (χ0v) is 8.13. The summed E-state index contributed by atoms with van der Waals surface area (Å²) >= 11 is 3.26. The number of nitrogens with two attached hydrogens (primary N) is 1. The number of halogens is 1. The Morgan fingerprint density at radius 2 is 2.08 bits per heavy atom. The Bertz CT molecular complexity index is 320. The van der Waals surface area contributed by atoms with Gasteiger partial charge >= 0.3 is 0 Å². The number of aromatic hydroxyl groups is 1. The summed E-state index contributed by atoms with van der Waals surface area (Å²) in [6.45, 7) is 0. The molecule has 1 aromatic rings. The Kier molecular flexibility index (Phi) is 1.66. The smallest absolute Gasteiger partial charge is 0.129 e. The molecule has 3 heteroatoms. The topological polar surface area (TPSA) is 46.2 Å². The molecule has 0 radical (unpaired) electrons. The lowest BCUT2D eigenvalue weighted by atomic mass is 10.1. The van der Waals surface area contributed by atoms with Gasteiger partial charge in [-0.2, -0.15) is 0 Å². The summed E-state index contributed by atoms with van der Waals surface area (Å²) in [7, 11) is 0. The van der Waals surface area contributed by atoms with Crippen LogP contribution < -0.4 is 5.73 Å². The van der Waals surface area contributed by atoms with Crippen LogP contribution in [0.4, 0.5) is 0 Å². The molecule has 0 saturated heterocycles. The van der Waals surface area contributed by atoms with Gasteiger partial charge in [0.15, 0.2) is 0 Å². The minimum absolute atomic E-state index is 0.115. The SMILES string of the molecule is NC1(c2ccc(O)c(Br)c2)CC1. The molecule has 1 aliphatic carbocycles. The number of benzene rings is 1. The minimum Gasteiger partial charge on any atom is -0.507 e. The molecule has 2 rings (SSSR count). The lowest BCUT2D eigenvalue weighted by Gasteiger charge is -2.09. The van der Waals surface area contributed by atoms with Crippen LogP contribution in [-0.4, -0.2) is 5.11 Å². The van der Waals surface area contributed by atoms with Crippen LogP contribution in [0.1, 0.15) is 18.4 Å². The fourth-order valence-corrected chi connectivity index (χ4v) is 1.62. The van der Waals surface area contributed by atoms with Gasteiger partial charge in [0.2, 0.25) is 0 Å². The van der Waals surface area contributed by atoms with E-state index in [1.807, 2.05) is 12.1 Å². The highest BCUT2D eigenvalue weighted by Gasteiger charge is 2.40. The van der Waals surface area contributed by atoms with Crippen molar-refractivity contribution in [3.63, 3.8) is 0 Å². The molecule has 0 heterocycles. The van der Waals surface area contributed by atoms with Gasteiger partial charge in [0.1, 0.15) is 5.75 Å². The zero-order valence-electron chi connectivity index (χ0n) is 6.55. The second-order valence-electron chi connectivity index (χ2n) is 3.32. The predicted octanol–water partition coefficient (Wildman–Crippen LogP) is 2.10. The van der Waals surface area contributed by atoms with Crippen molar-refractivity contribution in [1.82, 2.24) is 0 Å². The Morgan fingerprint density at radius 3 is 2.58 bits per heavy atom. The average molecular weight is 228 g/mol. The molecule has 0 atom stereocenters. The largest absolute Gasteiger partial charge is 0.507 e. The summed E-state index contributed by atoms with van der Waals surface area (Å²) in [6.07, 6.45) is 2.09. The highest BCUT2D eigenvalue weighted by Crippen LogP contribution is 2.44. The Labute approximate surface area is 79.5 Å². The van der Waals surface area contributed by atoms with E-state index in [4.69, 9.17) is 5.73 Å². The lowest BCUT2D eigenvalue weighted by Crippen LogP contribution is -2.18. The molecule has 12 heavy (non-hydrogen) atoms. The number of hydrogen-bond acceptors (Lipinski definition) is 2. The maximum Gasteiger partial charge on any atom is 0.129 e. The molecule has 0 amide bonds. The maximum absolute atomic E-state index is 9.24. The van der Waals surface area contributed by atoms with Crippen molar-refractivity contribution in [2.45, 2.75) is 18.4 Å². The molecule has 0 spiro atoms. The molecular formula is C9H10BrNO. The summed E-state index contributed by atoms with van der Waals surface area (Å²) in [5, 5.41) is 9.24. The molecule has 1 aliphatic rings. The number of phenolic OH excluding ortho intramolecular Hbond substituents is 1. The van der Waals surface area contributed by atoms with Gasteiger partial charge in [-0.25, -0.2) is 0 Å². The fraction of sp³-hybridized carbons (Fsp3) is 0.333. The van der Waals surface area contributed by atoms with Crippen molar-refractivity contribution >= 4 is 15.9 Å². The summed E-state index contributed by atoms with van der Waals surface area (Å²) in [6, 6.07) is 5.45. The van der Waals surface area contributed by atoms with Crippen molar-refractivity contribution in [3.8, 4) is 5.75 Å². The third kappa shape index (κ3) is 1.23. The van der Waals surface area contributed by atoms with E-state index in [1.54, 1.807) is 6.07 Å². The van der Waals surface area contributed by atoms with Gasteiger partial charge in [-0.1, -0.05) is 6.07 Å². The Balaban J connectivity index is 2.41. The highest BCUT2D eigenvalue weighted by molar-refractivity contribution is 9.10. The molecule has 0 aliphatic heterocycles. The van der Waals surface area contributed by atoms with Crippen LogP contribution in [0.15, 0.2) is 22.7 Å². The molecule has 0 unspecified atom stereocenters. The van der Waals surface area contributed by atoms with Crippen molar-refractivity contribution in [2.75, 3.05) is 0 Å². The summed E-state index contributed by atoms with van der Waals surface area (Å²) in [4.78, 5) is 0. The fourth-order valence-electron chi connectivity index (χ4n) is 1.24. The van der Waals surface area contributed by atoms with Crippen molar-refractivity contribution in [1.29, 1.82) is 0 Å². The highest BCUT2D eigenvalue weighted by atomic mass is 79.9. The molecule has 0 bridgehead atoms. The van der Waals surface area contributed by atoms with Crippen molar-refractivity contribution in [2.24, 2.45) is 5.73 Å². The van der Waals surface area contributed by atoms with Crippen LogP contribution >= 0.6 is 15.9 Å². The van der Waals surface area contributed by atoms with Crippen LogP contribution in [0, 0.1) is 0 Å². The third-order valence-corrected chi connectivity index (χ3v) is 2.95. The van der Waals surface area contributed by atoms with Gasteiger partial charge in [0.25, 0.3) is 0 Å². The third-order valence-electron chi connectivity index (χ3n) is 2.31. The minimum atomic E-state index is -0.115. The second kappa shape index (κ2) is 2.47. The first-order valence-electron chi connectivity index (χ1n) is 3.90. The van der Waals surface area contributed by atoms with Gasteiger partial charge in [0, 0.05) is 5.54 Å². The normalized spacial score (nSPS) is 19.2. The average Bonchev–Trinajstić information content (AvgIpc) is 2.75. The summed E-state index contributed by atoms with van der Waals surface area (Å²) in [5.74, 6) is 0.267. The van der Waals surface area contributed by atoms with E-state index >= 15 is 0 Å². The van der Waals surface area contributed by atoms with Gasteiger partial charge in [-0.3, -0.25) is 0 Å². The summed E-state index contributed by atoms with van der Waals surface area (Å²) < 4.78 is 0.719. The van der Waals surface area contributed by atoms with Gasteiger partial charge in [-0.15, -0.1) is 0 Å². The first-order valence-corrected chi connectivity index (χ1v) is 4.69. The molecule has 1 saturated carbocycles. The van der Waals surface area contributed by atoms with Gasteiger partial charge in [0.05, 0.1) is 4.47 Å². The molecule has 64 valence electrons. The molecule has 2 nitrogen and oxygen atoms in total. The maximum atomic E-state index is 9.24. The van der Waals surface area contributed by atoms with Crippen LogP contribution in [0.25, 0.3) is 0 Å². The zero-order chi connectivity index (χ0) is 8.77. The Morgan fingerprint density at radius 1 is 1.42 bits per heavy atom. The second-order valence-corrected chi connectivity index (χ2v) is 4.18. The summed E-state index contributed by atoms with van der Waals surface area (Å²) in [5.41, 5.74) is 6.97. The van der Waals surface area contributed by atoms with Crippen LogP contribution in [0.5, 0.6) is 5.75 Å². The predicted molar refractivity (Wildman–Crippen MR) is 50.9 cm³/mol. The van der Waals surface area contributed by atoms with E-state index in [0.29, 0.717) is 0 Å². The molecule has 3 N–H and O–H groups in total. The van der Waals surface area contributed by atoms with Crippen molar-refractivity contribution in [3.05, 3.63) is 28.2 Å². The standard InChI is InChI=1S/C9H10BrNO/c10-7-5-6(1-2-8(7)12)9(11)3-4-9/h1-2,5,12H,3-4,11H2. The van der Waals surface area contributed by atoms with E-state index in [2.05, 4.69) is 15.9 Å². The van der Waals surface area contributed by atoms with Crippen LogP contribution in [0.3, 0.4) is 0 Å². The van der Waals surface area contributed by atoms with Crippen molar-refractivity contribution < 1.29 is 5.11 Å². The molecule has 1 aromatic carbocycles. The first-order chi connectivity index (χ1) is 5.62. The van der Waals surface area contributed by atoms with Crippen LogP contribution in [-0.2, 0) is 5.54 Å². The van der Waals surface area contributed by atoms with E-state index in [9.17, 15) is 5.11 Å². The molecule has 0 aromatic heterocycles. The number of hydrogen-bond donors (Lipinski definition) is 2. The first kappa shape index (κ1) is 8.08. The molecular weight excluding hydrogens is 218 g/mol. The van der Waals surface area contributed by atoms with Gasteiger partial charge < -0.3 is 10.8 Å².